The summed E-state index contributed by atoms with van der Waals surface area (Å²) in [5, 5.41) is 11.7. The van der Waals surface area contributed by atoms with Crippen LogP contribution in [-0.2, 0) is 24.9 Å². The molecule has 0 aromatic carbocycles. The second-order valence-electron chi connectivity index (χ2n) is 7.04. The summed E-state index contributed by atoms with van der Waals surface area (Å²) in [6.45, 7) is 9.67. The molecule has 0 unspecified atom stereocenters. The van der Waals surface area contributed by atoms with Crippen LogP contribution in [0.4, 0.5) is 0 Å². The fourth-order valence-corrected chi connectivity index (χ4v) is 3.91. The van der Waals surface area contributed by atoms with Crippen molar-refractivity contribution in [3.05, 3.63) is 33.5 Å². The molecule has 0 saturated carbocycles. The van der Waals surface area contributed by atoms with Crippen LogP contribution in [0, 0.1) is 0 Å². The first-order chi connectivity index (χ1) is 10.5. The molecule has 2 aromatic rings. The van der Waals surface area contributed by atoms with E-state index in [1.165, 1.54) is 29.1 Å². The van der Waals surface area contributed by atoms with E-state index in [0.717, 1.165) is 25.1 Å². The third-order valence-corrected chi connectivity index (χ3v) is 5.29. The number of nitrogens with zero attached hydrogens (tertiary/aromatic N) is 3. The molecule has 1 N–H and O–H groups in total. The van der Waals surface area contributed by atoms with Gasteiger partial charge in [-0.05, 0) is 46.5 Å². The van der Waals surface area contributed by atoms with Crippen molar-refractivity contribution in [3.63, 3.8) is 0 Å². The number of hydrogen-bond acceptors (Lipinski definition) is 4. The van der Waals surface area contributed by atoms with Gasteiger partial charge in [0.05, 0.1) is 22.4 Å². The van der Waals surface area contributed by atoms with E-state index in [1.807, 2.05) is 0 Å². The number of hydrogen-bond donors (Lipinski definition) is 1. The lowest BCUT2D eigenvalue weighted by molar-refractivity contribution is 0.334. The van der Waals surface area contributed by atoms with Crippen molar-refractivity contribution >= 4 is 11.3 Å². The van der Waals surface area contributed by atoms with Gasteiger partial charge in [0.1, 0.15) is 0 Å². The smallest absolute Gasteiger partial charge is 0.0926 e. The normalized spacial score (nSPS) is 18.5. The van der Waals surface area contributed by atoms with Crippen LogP contribution < -0.4 is 5.32 Å². The SMILES string of the molecule is CCc1nc(CN[C@@H]2CCCc3c2cnn3C(C)(C)C)cs1. The van der Waals surface area contributed by atoms with Gasteiger partial charge < -0.3 is 5.32 Å². The van der Waals surface area contributed by atoms with E-state index in [9.17, 15) is 0 Å². The molecular weight excluding hydrogens is 292 g/mol. The highest BCUT2D eigenvalue weighted by atomic mass is 32.1. The van der Waals surface area contributed by atoms with Crippen molar-refractivity contribution in [2.75, 3.05) is 0 Å². The molecule has 0 aliphatic heterocycles. The predicted octanol–water partition coefficient (Wildman–Crippen LogP) is 3.82. The monoisotopic (exact) mass is 318 g/mol. The number of aryl methyl sites for hydroxylation is 1. The van der Waals surface area contributed by atoms with Crippen molar-refractivity contribution in [2.45, 2.75) is 71.5 Å². The maximum Gasteiger partial charge on any atom is 0.0926 e. The highest BCUT2D eigenvalue weighted by Crippen LogP contribution is 2.32. The average molecular weight is 318 g/mol. The zero-order chi connectivity index (χ0) is 15.7. The van der Waals surface area contributed by atoms with Crippen LogP contribution >= 0.6 is 11.3 Å². The van der Waals surface area contributed by atoms with E-state index < -0.39 is 0 Å². The summed E-state index contributed by atoms with van der Waals surface area (Å²) in [5.74, 6) is 0. The van der Waals surface area contributed by atoms with Gasteiger partial charge in [0.2, 0.25) is 0 Å². The van der Waals surface area contributed by atoms with E-state index in [0.29, 0.717) is 6.04 Å². The van der Waals surface area contributed by atoms with Gasteiger partial charge in [0.25, 0.3) is 0 Å². The lowest BCUT2D eigenvalue weighted by Crippen LogP contribution is -2.29. The van der Waals surface area contributed by atoms with Crippen LogP contribution in [0.15, 0.2) is 11.6 Å². The van der Waals surface area contributed by atoms with Gasteiger partial charge in [-0.15, -0.1) is 11.3 Å². The molecule has 0 saturated heterocycles. The first-order valence-electron chi connectivity index (χ1n) is 8.23. The summed E-state index contributed by atoms with van der Waals surface area (Å²) in [6.07, 6.45) is 6.64. The fraction of sp³-hybridized carbons (Fsp3) is 0.647. The van der Waals surface area contributed by atoms with Crippen LogP contribution in [0.2, 0.25) is 0 Å². The molecule has 3 rings (SSSR count). The molecule has 1 atom stereocenters. The number of nitrogens with one attached hydrogen (secondary N) is 1. The molecule has 2 heterocycles. The standard InChI is InChI=1S/C17H26N4S/c1-5-16-20-12(11-22-16)9-18-14-7-6-8-15-13(14)10-19-21(15)17(2,3)4/h10-11,14,18H,5-9H2,1-4H3/t14-/m1/s1. The summed E-state index contributed by atoms with van der Waals surface area (Å²) >= 11 is 1.76. The Morgan fingerprint density at radius 2 is 2.23 bits per heavy atom. The first-order valence-corrected chi connectivity index (χ1v) is 9.11. The van der Waals surface area contributed by atoms with Crippen LogP contribution in [0.3, 0.4) is 0 Å². The number of aromatic nitrogens is 3. The van der Waals surface area contributed by atoms with Crippen LogP contribution in [0.5, 0.6) is 0 Å². The number of thiazole rings is 1. The molecule has 0 bridgehead atoms. The minimum absolute atomic E-state index is 0.0560. The van der Waals surface area contributed by atoms with Gasteiger partial charge >= 0.3 is 0 Å². The molecule has 0 fully saturated rings. The number of rotatable bonds is 4. The maximum atomic E-state index is 4.65. The molecule has 1 aliphatic rings. The van der Waals surface area contributed by atoms with Crippen molar-refractivity contribution in [1.29, 1.82) is 0 Å². The Balaban J connectivity index is 1.73. The van der Waals surface area contributed by atoms with Gasteiger partial charge in [-0.1, -0.05) is 6.92 Å². The summed E-state index contributed by atoms with van der Waals surface area (Å²) < 4.78 is 2.20. The van der Waals surface area contributed by atoms with Crippen LogP contribution in [0.25, 0.3) is 0 Å². The minimum Gasteiger partial charge on any atom is -0.304 e. The minimum atomic E-state index is 0.0560. The second-order valence-corrected chi connectivity index (χ2v) is 7.98. The lowest BCUT2D eigenvalue weighted by Gasteiger charge is -2.28. The van der Waals surface area contributed by atoms with Crippen molar-refractivity contribution in [3.8, 4) is 0 Å². The Morgan fingerprint density at radius 1 is 1.41 bits per heavy atom. The fourth-order valence-electron chi connectivity index (χ4n) is 3.17. The zero-order valence-electron chi connectivity index (χ0n) is 14.0. The second kappa shape index (κ2) is 6.13. The predicted molar refractivity (Wildman–Crippen MR) is 91.2 cm³/mol. The van der Waals surface area contributed by atoms with Crippen molar-refractivity contribution in [1.82, 2.24) is 20.1 Å². The molecule has 1 aliphatic carbocycles. The third-order valence-electron chi connectivity index (χ3n) is 4.25. The van der Waals surface area contributed by atoms with Crippen molar-refractivity contribution < 1.29 is 0 Å². The molecule has 2 aromatic heterocycles. The molecule has 0 amide bonds. The first kappa shape index (κ1) is 15.7. The zero-order valence-corrected chi connectivity index (χ0v) is 14.8. The quantitative estimate of drug-likeness (QED) is 0.932. The maximum absolute atomic E-state index is 4.65. The van der Waals surface area contributed by atoms with Gasteiger partial charge in [-0.3, -0.25) is 4.68 Å². The van der Waals surface area contributed by atoms with Crippen LogP contribution in [-0.4, -0.2) is 14.8 Å². The van der Waals surface area contributed by atoms with Gasteiger partial charge in [-0.2, -0.15) is 5.10 Å². The van der Waals surface area contributed by atoms with E-state index in [1.54, 1.807) is 11.3 Å². The summed E-state index contributed by atoms with van der Waals surface area (Å²) in [6, 6.07) is 0.409. The molecule has 4 nitrogen and oxygen atoms in total. The Morgan fingerprint density at radius 3 is 2.91 bits per heavy atom. The largest absolute Gasteiger partial charge is 0.304 e. The van der Waals surface area contributed by atoms with E-state index >= 15 is 0 Å². The molecule has 120 valence electrons. The van der Waals surface area contributed by atoms with E-state index in [-0.39, 0.29) is 5.54 Å². The molecule has 22 heavy (non-hydrogen) atoms. The summed E-state index contributed by atoms with van der Waals surface area (Å²) in [7, 11) is 0. The number of fused-ring (bicyclic) bond motifs is 1. The van der Waals surface area contributed by atoms with E-state index in [4.69, 9.17) is 0 Å². The molecule has 0 radical (unpaired) electrons. The van der Waals surface area contributed by atoms with E-state index in [2.05, 4.69) is 59.4 Å². The highest BCUT2D eigenvalue weighted by molar-refractivity contribution is 7.09. The van der Waals surface area contributed by atoms with Gasteiger partial charge in [0.15, 0.2) is 0 Å². The Hall–Kier alpha value is -1.20. The Labute approximate surface area is 137 Å². The Kier molecular flexibility index (Phi) is 4.37. The van der Waals surface area contributed by atoms with Crippen LogP contribution in [0.1, 0.15) is 68.5 Å². The topological polar surface area (TPSA) is 42.7 Å². The van der Waals surface area contributed by atoms with Gasteiger partial charge in [0, 0.05) is 29.2 Å². The molecule has 5 heteroatoms. The van der Waals surface area contributed by atoms with Gasteiger partial charge in [-0.25, -0.2) is 4.98 Å². The molecular formula is C17H26N4S. The lowest BCUT2D eigenvalue weighted by atomic mass is 9.92. The summed E-state index contributed by atoms with van der Waals surface area (Å²) in [5.41, 5.74) is 4.01. The highest BCUT2D eigenvalue weighted by Gasteiger charge is 2.27. The third kappa shape index (κ3) is 3.10. The van der Waals surface area contributed by atoms with Crippen molar-refractivity contribution in [2.24, 2.45) is 0 Å². The Bertz CT molecular complexity index is 635. The average Bonchev–Trinajstić information content (AvgIpc) is 3.11. The summed E-state index contributed by atoms with van der Waals surface area (Å²) in [4.78, 5) is 4.65. The molecule has 0 spiro atoms.